The second-order valence-electron chi connectivity index (χ2n) is 5.96. The third kappa shape index (κ3) is 5.45. The standard InChI is InChI=1S/C14H23N3O3S/c1-14(2,3)15-10-13(18)16-11-6-8-12(9-7-11)21(19,20)17(4)5/h6-9,15H,10H2,1-5H3,(H,16,18). The Morgan fingerprint density at radius 1 is 1.14 bits per heavy atom. The molecule has 0 aliphatic carbocycles. The van der Waals surface area contributed by atoms with Crippen LogP contribution in [0.3, 0.4) is 0 Å². The Kier molecular flexibility index (Phi) is 5.49. The van der Waals surface area contributed by atoms with Crippen molar-refractivity contribution in [3.8, 4) is 0 Å². The molecule has 0 aliphatic heterocycles. The number of nitrogens with zero attached hydrogens (tertiary/aromatic N) is 1. The van der Waals surface area contributed by atoms with Gasteiger partial charge in [-0.3, -0.25) is 4.79 Å². The van der Waals surface area contributed by atoms with E-state index < -0.39 is 10.0 Å². The lowest BCUT2D eigenvalue weighted by Crippen LogP contribution is -2.41. The van der Waals surface area contributed by atoms with E-state index in [9.17, 15) is 13.2 Å². The van der Waals surface area contributed by atoms with Gasteiger partial charge in [-0.1, -0.05) is 0 Å². The third-order valence-electron chi connectivity index (χ3n) is 2.70. The number of sulfonamides is 1. The van der Waals surface area contributed by atoms with Crippen LogP contribution in [0.2, 0.25) is 0 Å². The fraction of sp³-hybridized carbons (Fsp3) is 0.500. The number of rotatable bonds is 5. The minimum absolute atomic E-state index is 0.138. The maximum atomic E-state index is 11.9. The van der Waals surface area contributed by atoms with Crippen molar-refractivity contribution in [2.24, 2.45) is 0 Å². The quantitative estimate of drug-likeness (QED) is 0.858. The molecule has 0 radical (unpaired) electrons. The van der Waals surface area contributed by atoms with Crippen LogP contribution in [-0.4, -0.2) is 44.8 Å². The number of hydrogen-bond donors (Lipinski definition) is 2. The molecule has 0 saturated heterocycles. The topological polar surface area (TPSA) is 78.5 Å². The summed E-state index contributed by atoms with van der Waals surface area (Å²) in [6.07, 6.45) is 0. The Hall–Kier alpha value is -1.44. The van der Waals surface area contributed by atoms with E-state index in [1.165, 1.54) is 26.2 Å². The van der Waals surface area contributed by atoms with Crippen molar-refractivity contribution < 1.29 is 13.2 Å². The number of benzene rings is 1. The van der Waals surface area contributed by atoms with Gasteiger partial charge in [-0.05, 0) is 45.0 Å². The van der Waals surface area contributed by atoms with E-state index in [0.29, 0.717) is 5.69 Å². The molecule has 0 saturated carbocycles. The molecule has 0 aliphatic rings. The summed E-state index contributed by atoms with van der Waals surface area (Å²) in [7, 11) is -0.493. The monoisotopic (exact) mass is 313 g/mol. The van der Waals surface area contributed by atoms with E-state index in [-0.39, 0.29) is 22.9 Å². The van der Waals surface area contributed by atoms with Gasteiger partial charge in [0.25, 0.3) is 0 Å². The second kappa shape index (κ2) is 6.55. The molecule has 0 unspecified atom stereocenters. The summed E-state index contributed by atoms with van der Waals surface area (Å²) < 4.78 is 25.0. The summed E-state index contributed by atoms with van der Waals surface area (Å²) in [6.45, 7) is 6.12. The van der Waals surface area contributed by atoms with Crippen LogP contribution >= 0.6 is 0 Å². The summed E-state index contributed by atoms with van der Waals surface area (Å²) in [5.74, 6) is -0.173. The van der Waals surface area contributed by atoms with Gasteiger partial charge in [0.15, 0.2) is 0 Å². The van der Waals surface area contributed by atoms with Gasteiger partial charge in [-0.2, -0.15) is 0 Å². The molecule has 0 fully saturated rings. The lowest BCUT2D eigenvalue weighted by atomic mass is 10.1. The zero-order valence-electron chi connectivity index (χ0n) is 13.1. The first kappa shape index (κ1) is 17.6. The highest BCUT2D eigenvalue weighted by atomic mass is 32.2. The molecule has 21 heavy (non-hydrogen) atoms. The summed E-state index contributed by atoms with van der Waals surface area (Å²) in [4.78, 5) is 11.9. The van der Waals surface area contributed by atoms with Crippen molar-refractivity contribution in [2.45, 2.75) is 31.2 Å². The van der Waals surface area contributed by atoms with E-state index >= 15 is 0 Å². The largest absolute Gasteiger partial charge is 0.325 e. The lowest BCUT2D eigenvalue weighted by molar-refractivity contribution is -0.115. The predicted molar refractivity (Wildman–Crippen MR) is 83.7 cm³/mol. The number of amides is 1. The fourth-order valence-electron chi connectivity index (χ4n) is 1.47. The molecule has 1 amide bonds. The Balaban J connectivity index is 2.70. The highest BCUT2D eigenvalue weighted by molar-refractivity contribution is 7.89. The van der Waals surface area contributed by atoms with E-state index in [1.54, 1.807) is 12.1 Å². The van der Waals surface area contributed by atoms with Crippen molar-refractivity contribution >= 4 is 21.6 Å². The zero-order valence-corrected chi connectivity index (χ0v) is 13.9. The minimum Gasteiger partial charge on any atom is -0.325 e. The second-order valence-corrected chi connectivity index (χ2v) is 8.12. The van der Waals surface area contributed by atoms with Gasteiger partial charge in [0.2, 0.25) is 15.9 Å². The molecule has 6 nitrogen and oxygen atoms in total. The first-order valence-electron chi connectivity index (χ1n) is 6.60. The van der Waals surface area contributed by atoms with E-state index in [1.807, 2.05) is 20.8 Å². The molecule has 0 aromatic heterocycles. The van der Waals surface area contributed by atoms with Crippen molar-refractivity contribution in [2.75, 3.05) is 26.0 Å². The van der Waals surface area contributed by atoms with Gasteiger partial charge >= 0.3 is 0 Å². The number of carbonyl (C=O) groups excluding carboxylic acids is 1. The van der Waals surface area contributed by atoms with Crippen LogP contribution in [0.25, 0.3) is 0 Å². The van der Waals surface area contributed by atoms with Gasteiger partial charge in [0.05, 0.1) is 11.4 Å². The molecule has 0 atom stereocenters. The fourth-order valence-corrected chi connectivity index (χ4v) is 2.37. The summed E-state index contributed by atoms with van der Waals surface area (Å²) in [5.41, 5.74) is 0.425. The Morgan fingerprint density at radius 3 is 2.10 bits per heavy atom. The van der Waals surface area contributed by atoms with E-state index in [2.05, 4.69) is 10.6 Å². The summed E-state index contributed by atoms with van der Waals surface area (Å²) >= 11 is 0. The van der Waals surface area contributed by atoms with Gasteiger partial charge in [-0.15, -0.1) is 0 Å². The molecule has 1 rings (SSSR count). The maximum absolute atomic E-state index is 11.9. The smallest absolute Gasteiger partial charge is 0.242 e. The number of nitrogens with one attached hydrogen (secondary N) is 2. The SMILES string of the molecule is CN(C)S(=O)(=O)c1ccc(NC(=O)CNC(C)(C)C)cc1. The number of hydrogen-bond acceptors (Lipinski definition) is 4. The number of carbonyl (C=O) groups is 1. The van der Waals surface area contributed by atoms with Crippen molar-refractivity contribution in [3.05, 3.63) is 24.3 Å². The average molecular weight is 313 g/mol. The first-order chi connectivity index (χ1) is 9.52. The molecule has 118 valence electrons. The normalized spacial score (nSPS) is 12.5. The summed E-state index contributed by atoms with van der Waals surface area (Å²) in [5, 5.41) is 5.79. The van der Waals surface area contributed by atoms with Crippen LogP contribution < -0.4 is 10.6 Å². The predicted octanol–water partition coefficient (Wildman–Crippen LogP) is 1.26. The Morgan fingerprint density at radius 2 is 1.67 bits per heavy atom. The Labute approximate surface area is 126 Å². The summed E-state index contributed by atoms with van der Waals surface area (Å²) in [6, 6.07) is 6.10. The lowest BCUT2D eigenvalue weighted by Gasteiger charge is -2.20. The van der Waals surface area contributed by atoms with Crippen LogP contribution in [-0.2, 0) is 14.8 Å². The average Bonchev–Trinajstić information content (AvgIpc) is 2.36. The molecule has 7 heteroatoms. The van der Waals surface area contributed by atoms with E-state index in [0.717, 1.165) is 4.31 Å². The highest BCUT2D eigenvalue weighted by Gasteiger charge is 2.17. The Bertz CT molecular complexity index is 587. The van der Waals surface area contributed by atoms with Gasteiger partial charge in [0.1, 0.15) is 0 Å². The van der Waals surface area contributed by atoms with Crippen molar-refractivity contribution in [3.63, 3.8) is 0 Å². The van der Waals surface area contributed by atoms with Crippen LogP contribution in [0.5, 0.6) is 0 Å². The van der Waals surface area contributed by atoms with Gasteiger partial charge in [-0.25, -0.2) is 12.7 Å². The molecule has 0 bridgehead atoms. The third-order valence-corrected chi connectivity index (χ3v) is 4.53. The number of anilines is 1. The van der Waals surface area contributed by atoms with E-state index in [4.69, 9.17) is 0 Å². The zero-order chi connectivity index (χ0) is 16.3. The molecule has 2 N–H and O–H groups in total. The molecule has 0 spiro atoms. The minimum atomic E-state index is -3.44. The molecule has 1 aromatic rings. The molecule has 1 aromatic carbocycles. The van der Waals surface area contributed by atoms with Crippen LogP contribution in [0, 0.1) is 0 Å². The molecule has 0 heterocycles. The van der Waals surface area contributed by atoms with Crippen molar-refractivity contribution in [1.82, 2.24) is 9.62 Å². The molecular formula is C14H23N3O3S. The van der Waals surface area contributed by atoms with Crippen molar-refractivity contribution in [1.29, 1.82) is 0 Å². The van der Waals surface area contributed by atoms with Crippen LogP contribution in [0.4, 0.5) is 5.69 Å². The molecular weight excluding hydrogens is 290 g/mol. The van der Waals surface area contributed by atoms with Crippen LogP contribution in [0.15, 0.2) is 29.2 Å². The van der Waals surface area contributed by atoms with Gasteiger partial charge < -0.3 is 10.6 Å². The highest BCUT2D eigenvalue weighted by Crippen LogP contribution is 2.16. The van der Waals surface area contributed by atoms with Crippen LogP contribution in [0.1, 0.15) is 20.8 Å². The van der Waals surface area contributed by atoms with Gasteiger partial charge in [0, 0.05) is 25.3 Å². The first-order valence-corrected chi connectivity index (χ1v) is 8.04. The maximum Gasteiger partial charge on any atom is 0.242 e.